The molecule has 0 unspecified atom stereocenters. The van der Waals surface area contributed by atoms with Crippen LogP contribution < -0.4 is 10.6 Å². The summed E-state index contributed by atoms with van der Waals surface area (Å²) in [6, 6.07) is 10.0. The third kappa shape index (κ3) is 5.31. The van der Waals surface area contributed by atoms with Crippen molar-refractivity contribution in [2.75, 3.05) is 19.8 Å². The summed E-state index contributed by atoms with van der Waals surface area (Å²) >= 11 is 0. The quantitative estimate of drug-likeness (QED) is 0.695. The molecule has 1 aliphatic heterocycles. The van der Waals surface area contributed by atoms with Crippen molar-refractivity contribution in [2.24, 2.45) is 11.8 Å². The normalized spacial score (nSPS) is 24.8. The molecule has 1 fully saturated rings. The van der Waals surface area contributed by atoms with E-state index in [2.05, 4.69) is 22.8 Å². The summed E-state index contributed by atoms with van der Waals surface area (Å²) in [6.07, 6.45) is 7.74. The molecule has 136 valence electrons. The Bertz CT molecular complexity index is 570. The molecule has 2 aliphatic rings. The number of urea groups is 1. The van der Waals surface area contributed by atoms with Gasteiger partial charge in [0, 0.05) is 31.8 Å². The van der Waals surface area contributed by atoms with Crippen LogP contribution >= 0.6 is 0 Å². The highest BCUT2D eigenvalue weighted by Gasteiger charge is 2.24. The molecule has 1 saturated heterocycles. The van der Waals surface area contributed by atoms with Gasteiger partial charge in [0.2, 0.25) is 0 Å². The van der Waals surface area contributed by atoms with Gasteiger partial charge in [-0.2, -0.15) is 0 Å². The van der Waals surface area contributed by atoms with Crippen LogP contribution in [0.4, 0.5) is 4.79 Å². The van der Waals surface area contributed by atoms with Gasteiger partial charge in [-0.05, 0) is 37.2 Å². The standard InChI is InChI=1S/C20H28N2O3/c23-14-16-6-7-18(12-16)21-20(24)22-19(17-4-2-1-3-5-17)13-15-8-10-25-11-9-15/h1-7,15-16,18-19,23H,8-14H2,(H2,21,22,24)/t16-,18+,19-/m0/s1. The first-order valence-electron chi connectivity index (χ1n) is 9.23. The highest BCUT2D eigenvalue weighted by atomic mass is 16.5. The lowest BCUT2D eigenvalue weighted by molar-refractivity contribution is 0.0608. The number of rotatable bonds is 6. The van der Waals surface area contributed by atoms with E-state index in [9.17, 15) is 9.90 Å². The molecule has 1 aromatic carbocycles. The van der Waals surface area contributed by atoms with Gasteiger partial charge in [-0.3, -0.25) is 0 Å². The molecule has 0 radical (unpaired) electrons. The molecule has 1 heterocycles. The Balaban J connectivity index is 1.59. The summed E-state index contributed by atoms with van der Waals surface area (Å²) in [5.41, 5.74) is 1.14. The third-order valence-corrected chi connectivity index (χ3v) is 5.14. The second kappa shape index (κ2) is 9.02. The Kier molecular flexibility index (Phi) is 6.48. The van der Waals surface area contributed by atoms with Gasteiger partial charge in [-0.1, -0.05) is 42.5 Å². The average Bonchev–Trinajstić information content (AvgIpc) is 3.10. The van der Waals surface area contributed by atoms with Crippen LogP contribution in [0, 0.1) is 11.8 Å². The molecule has 5 heteroatoms. The van der Waals surface area contributed by atoms with E-state index in [0.29, 0.717) is 5.92 Å². The molecular weight excluding hydrogens is 316 g/mol. The maximum Gasteiger partial charge on any atom is 0.315 e. The van der Waals surface area contributed by atoms with Crippen molar-refractivity contribution in [3.63, 3.8) is 0 Å². The Hall–Kier alpha value is -1.85. The van der Waals surface area contributed by atoms with E-state index in [1.54, 1.807) is 0 Å². The molecule has 1 aromatic rings. The fourth-order valence-electron chi connectivity index (χ4n) is 3.66. The number of amides is 2. The largest absolute Gasteiger partial charge is 0.396 e. The average molecular weight is 344 g/mol. The van der Waals surface area contributed by atoms with Gasteiger partial charge in [-0.25, -0.2) is 4.79 Å². The van der Waals surface area contributed by atoms with Crippen LogP contribution in [0.1, 0.15) is 37.3 Å². The Morgan fingerprint density at radius 2 is 1.96 bits per heavy atom. The molecule has 0 saturated carbocycles. The summed E-state index contributed by atoms with van der Waals surface area (Å²) in [5, 5.41) is 15.4. The fourth-order valence-corrected chi connectivity index (χ4v) is 3.66. The minimum absolute atomic E-state index is 0.00308. The number of hydrogen-bond acceptors (Lipinski definition) is 3. The lowest BCUT2D eigenvalue weighted by Gasteiger charge is -2.28. The van der Waals surface area contributed by atoms with Crippen LogP contribution in [0.2, 0.25) is 0 Å². The summed E-state index contributed by atoms with van der Waals surface area (Å²) in [7, 11) is 0. The van der Waals surface area contributed by atoms with Crippen LogP contribution in [0.3, 0.4) is 0 Å². The maximum absolute atomic E-state index is 12.5. The maximum atomic E-state index is 12.5. The van der Waals surface area contributed by atoms with E-state index >= 15 is 0 Å². The van der Waals surface area contributed by atoms with E-state index < -0.39 is 0 Å². The molecule has 0 aromatic heterocycles. The summed E-state index contributed by atoms with van der Waals surface area (Å²) in [6.45, 7) is 1.76. The minimum Gasteiger partial charge on any atom is -0.396 e. The number of nitrogens with one attached hydrogen (secondary N) is 2. The SMILES string of the molecule is O=C(N[C@@H]1C=C[C@H](CO)C1)N[C@@H](CC1CCOCC1)c1ccccc1. The van der Waals surface area contributed by atoms with E-state index in [0.717, 1.165) is 44.5 Å². The van der Waals surface area contributed by atoms with E-state index in [4.69, 9.17) is 4.74 Å². The van der Waals surface area contributed by atoms with Crippen molar-refractivity contribution < 1.29 is 14.6 Å². The third-order valence-electron chi connectivity index (χ3n) is 5.14. The van der Waals surface area contributed by atoms with Crippen LogP contribution in [0.15, 0.2) is 42.5 Å². The fraction of sp³-hybridized carbons (Fsp3) is 0.550. The highest BCUT2D eigenvalue weighted by Crippen LogP contribution is 2.27. The Morgan fingerprint density at radius 1 is 1.20 bits per heavy atom. The first kappa shape index (κ1) is 18.0. The van der Waals surface area contributed by atoms with Gasteiger partial charge < -0.3 is 20.5 Å². The van der Waals surface area contributed by atoms with Crippen LogP contribution in [-0.4, -0.2) is 37.0 Å². The van der Waals surface area contributed by atoms with Crippen molar-refractivity contribution in [2.45, 2.75) is 37.8 Å². The lowest BCUT2D eigenvalue weighted by atomic mass is 9.89. The first-order chi connectivity index (χ1) is 12.2. The second-order valence-corrected chi connectivity index (χ2v) is 7.04. The van der Waals surface area contributed by atoms with Crippen molar-refractivity contribution >= 4 is 6.03 Å². The van der Waals surface area contributed by atoms with Crippen molar-refractivity contribution in [3.05, 3.63) is 48.0 Å². The summed E-state index contributed by atoms with van der Waals surface area (Å²) < 4.78 is 5.45. The number of aliphatic hydroxyl groups is 1. The molecule has 0 bridgehead atoms. The molecular formula is C20H28N2O3. The van der Waals surface area contributed by atoms with Crippen LogP contribution in [0.25, 0.3) is 0 Å². The number of hydrogen-bond donors (Lipinski definition) is 3. The molecule has 25 heavy (non-hydrogen) atoms. The number of ether oxygens (including phenoxy) is 1. The first-order valence-corrected chi connectivity index (χ1v) is 9.23. The smallest absolute Gasteiger partial charge is 0.315 e. The van der Waals surface area contributed by atoms with Gasteiger partial charge in [0.25, 0.3) is 0 Å². The highest BCUT2D eigenvalue weighted by molar-refractivity contribution is 5.75. The molecule has 5 nitrogen and oxygen atoms in total. The number of aliphatic hydroxyl groups excluding tert-OH is 1. The zero-order chi connectivity index (χ0) is 17.5. The number of carbonyl (C=O) groups excluding carboxylic acids is 1. The topological polar surface area (TPSA) is 70.6 Å². The zero-order valence-corrected chi connectivity index (χ0v) is 14.6. The van der Waals surface area contributed by atoms with E-state index in [1.165, 1.54) is 0 Å². The zero-order valence-electron chi connectivity index (χ0n) is 14.6. The lowest BCUT2D eigenvalue weighted by Crippen LogP contribution is -2.43. The molecule has 2 amide bonds. The van der Waals surface area contributed by atoms with Gasteiger partial charge in [-0.15, -0.1) is 0 Å². The molecule has 3 N–H and O–H groups in total. The van der Waals surface area contributed by atoms with Crippen LogP contribution in [0.5, 0.6) is 0 Å². The van der Waals surface area contributed by atoms with Gasteiger partial charge >= 0.3 is 6.03 Å². The van der Waals surface area contributed by atoms with Crippen LogP contribution in [-0.2, 0) is 4.74 Å². The monoisotopic (exact) mass is 344 g/mol. The van der Waals surface area contributed by atoms with Crippen molar-refractivity contribution in [1.82, 2.24) is 10.6 Å². The summed E-state index contributed by atoms with van der Waals surface area (Å²) in [4.78, 5) is 12.5. The number of carbonyl (C=O) groups is 1. The molecule has 3 atom stereocenters. The van der Waals surface area contributed by atoms with Gasteiger partial charge in [0.05, 0.1) is 6.04 Å². The van der Waals surface area contributed by atoms with Gasteiger partial charge in [0.1, 0.15) is 0 Å². The second-order valence-electron chi connectivity index (χ2n) is 7.04. The van der Waals surface area contributed by atoms with E-state index in [-0.39, 0.29) is 30.6 Å². The predicted molar refractivity (Wildman–Crippen MR) is 97.1 cm³/mol. The molecule has 1 aliphatic carbocycles. The van der Waals surface area contributed by atoms with Crippen molar-refractivity contribution in [1.29, 1.82) is 0 Å². The molecule has 3 rings (SSSR count). The Labute approximate surface area is 149 Å². The molecule has 0 spiro atoms. The van der Waals surface area contributed by atoms with Crippen molar-refractivity contribution in [3.8, 4) is 0 Å². The predicted octanol–water partition coefficient (Wildman–Crippen LogP) is 2.78. The summed E-state index contributed by atoms with van der Waals surface area (Å²) in [5.74, 6) is 0.724. The van der Waals surface area contributed by atoms with Gasteiger partial charge in [0.15, 0.2) is 0 Å². The van der Waals surface area contributed by atoms with E-state index in [1.807, 2.05) is 30.4 Å². The number of benzene rings is 1. The minimum atomic E-state index is -0.144. The Morgan fingerprint density at radius 3 is 2.64 bits per heavy atom.